The van der Waals surface area contributed by atoms with E-state index in [-0.39, 0.29) is 18.3 Å². The summed E-state index contributed by atoms with van der Waals surface area (Å²) < 4.78 is 18.9. The minimum Gasteiger partial charge on any atom is -0.488 e. The second-order valence-corrected chi connectivity index (χ2v) is 4.41. The van der Waals surface area contributed by atoms with Crippen molar-refractivity contribution in [2.75, 3.05) is 0 Å². The Bertz CT molecular complexity index is 421. The Hall–Kier alpha value is -1.62. The number of carboxylic acids is 1. The van der Waals surface area contributed by atoms with E-state index in [1.165, 1.54) is 6.07 Å². The van der Waals surface area contributed by atoms with Crippen LogP contribution in [0.25, 0.3) is 0 Å². The number of carbonyl (C=O) groups is 1. The predicted octanol–water partition coefficient (Wildman–Crippen LogP) is 1.96. The average molecular weight is 255 g/mol. The van der Waals surface area contributed by atoms with Crippen molar-refractivity contribution in [1.29, 1.82) is 0 Å². The van der Waals surface area contributed by atoms with Crippen molar-refractivity contribution in [3.05, 3.63) is 29.6 Å². The SMILES string of the molecule is CC(C)Oc1ccc(CCC(N)C(=O)O)cc1F. The molecule has 18 heavy (non-hydrogen) atoms. The summed E-state index contributed by atoms with van der Waals surface area (Å²) in [6, 6.07) is 3.71. The first-order valence-electron chi connectivity index (χ1n) is 5.83. The van der Waals surface area contributed by atoms with Gasteiger partial charge in [-0.15, -0.1) is 0 Å². The van der Waals surface area contributed by atoms with Crippen molar-refractivity contribution < 1.29 is 19.0 Å². The van der Waals surface area contributed by atoms with E-state index in [1.807, 2.05) is 13.8 Å². The average Bonchev–Trinajstić information content (AvgIpc) is 2.28. The molecule has 4 nitrogen and oxygen atoms in total. The van der Waals surface area contributed by atoms with Crippen LogP contribution in [0.15, 0.2) is 18.2 Å². The van der Waals surface area contributed by atoms with Gasteiger partial charge in [-0.1, -0.05) is 6.07 Å². The smallest absolute Gasteiger partial charge is 0.320 e. The third-order valence-electron chi connectivity index (χ3n) is 2.42. The van der Waals surface area contributed by atoms with E-state index in [4.69, 9.17) is 15.6 Å². The van der Waals surface area contributed by atoms with Crippen LogP contribution in [0.2, 0.25) is 0 Å². The molecule has 1 aromatic carbocycles. The van der Waals surface area contributed by atoms with Crippen molar-refractivity contribution >= 4 is 5.97 Å². The van der Waals surface area contributed by atoms with Gasteiger partial charge in [-0.3, -0.25) is 4.79 Å². The molecule has 0 bridgehead atoms. The Morgan fingerprint density at radius 3 is 2.67 bits per heavy atom. The largest absolute Gasteiger partial charge is 0.488 e. The molecule has 0 spiro atoms. The lowest BCUT2D eigenvalue weighted by Crippen LogP contribution is -2.30. The number of hydrogen-bond acceptors (Lipinski definition) is 3. The molecule has 0 radical (unpaired) electrons. The van der Waals surface area contributed by atoms with Crippen molar-refractivity contribution in [3.8, 4) is 5.75 Å². The van der Waals surface area contributed by atoms with Gasteiger partial charge in [0.1, 0.15) is 6.04 Å². The van der Waals surface area contributed by atoms with E-state index in [0.717, 1.165) is 0 Å². The number of hydrogen-bond donors (Lipinski definition) is 2. The van der Waals surface area contributed by atoms with Gasteiger partial charge in [0.15, 0.2) is 11.6 Å². The number of nitrogens with two attached hydrogens (primary N) is 1. The van der Waals surface area contributed by atoms with Crippen LogP contribution in [0.3, 0.4) is 0 Å². The Labute approximate surface area is 106 Å². The molecular weight excluding hydrogens is 237 g/mol. The Balaban J connectivity index is 2.64. The lowest BCUT2D eigenvalue weighted by Gasteiger charge is -2.12. The van der Waals surface area contributed by atoms with Gasteiger partial charge in [-0.25, -0.2) is 4.39 Å². The Kier molecular flexibility index (Phi) is 5.09. The van der Waals surface area contributed by atoms with Crippen LogP contribution >= 0.6 is 0 Å². The maximum atomic E-state index is 13.6. The van der Waals surface area contributed by atoms with Gasteiger partial charge in [0.2, 0.25) is 0 Å². The fourth-order valence-electron chi connectivity index (χ4n) is 1.50. The second kappa shape index (κ2) is 6.35. The van der Waals surface area contributed by atoms with E-state index in [9.17, 15) is 9.18 Å². The molecule has 5 heteroatoms. The molecule has 1 unspecified atom stereocenters. The van der Waals surface area contributed by atoms with Crippen LogP contribution in [-0.2, 0) is 11.2 Å². The zero-order chi connectivity index (χ0) is 13.7. The first kappa shape index (κ1) is 14.4. The quantitative estimate of drug-likeness (QED) is 0.815. The molecule has 0 aliphatic rings. The zero-order valence-corrected chi connectivity index (χ0v) is 10.5. The van der Waals surface area contributed by atoms with Gasteiger partial charge in [0, 0.05) is 0 Å². The highest BCUT2D eigenvalue weighted by Crippen LogP contribution is 2.20. The highest BCUT2D eigenvalue weighted by atomic mass is 19.1. The third kappa shape index (κ3) is 4.33. The molecule has 3 N–H and O–H groups in total. The van der Waals surface area contributed by atoms with Crippen molar-refractivity contribution in [2.45, 2.75) is 38.8 Å². The summed E-state index contributed by atoms with van der Waals surface area (Å²) in [7, 11) is 0. The highest BCUT2D eigenvalue weighted by molar-refractivity contribution is 5.73. The van der Waals surface area contributed by atoms with Gasteiger partial charge in [-0.05, 0) is 44.4 Å². The molecule has 0 aliphatic carbocycles. The molecule has 1 aromatic rings. The molecule has 0 aliphatic heterocycles. The maximum Gasteiger partial charge on any atom is 0.320 e. The van der Waals surface area contributed by atoms with E-state index >= 15 is 0 Å². The fourth-order valence-corrected chi connectivity index (χ4v) is 1.50. The summed E-state index contributed by atoms with van der Waals surface area (Å²) in [6.07, 6.45) is 0.608. The van der Waals surface area contributed by atoms with Crippen LogP contribution < -0.4 is 10.5 Å². The summed E-state index contributed by atoms with van der Waals surface area (Å²) in [5.41, 5.74) is 6.09. The number of aliphatic carboxylic acids is 1. The minimum atomic E-state index is -1.05. The highest BCUT2D eigenvalue weighted by Gasteiger charge is 2.12. The van der Waals surface area contributed by atoms with E-state index < -0.39 is 17.8 Å². The summed E-state index contributed by atoms with van der Waals surface area (Å²) in [5, 5.41) is 8.64. The lowest BCUT2D eigenvalue weighted by atomic mass is 10.1. The van der Waals surface area contributed by atoms with E-state index in [0.29, 0.717) is 12.0 Å². The van der Waals surface area contributed by atoms with Crippen LogP contribution in [0, 0.1) is 5.82 Å². The standard InChI is InChI=1S/C13H18FNO3/c1-8(2)18-12-6-4-9(7-10(12)14)3-5-11(15)13(16)17/h4,6-8,11H,3,5,15H2,1-2H3,(H,16,17). The second-order valence-electron chi connectivity index (χ2n) is 4.41. The van der Waals surface area contributed by atoms with Gasteiger partial charge in [-0.2, -0.15) is 0 Å². The molecule has 1 rings (SSSR count). The van der Waals surface area contributed by atoms with Crippen molar-refractivity contribution in [3.63, 3.8) is 0 Å². The van der Waals surface area contributed by atoms with E-state index in [2.05, 4.69) is 0 Å². The Morgan fingerprint density at radius 1 is 1.50 bits per heavy atom. The number of rotatable bonds is 6. The zero-order valence-electron chi connectivity index (χ0n) is 10.5. The minimum absolute atomic E-state index is 0.0919. The summed E-state index contributed by atoms with van der Waals surface area (Å²) in [6.45, 7) is 3.64. The first-order chi connectivity index (χ1) is 8.40. The molecule has 0 amide bonds. The summed E-state index contributed by atoms with van der Waals surface area (Å²) >= 11 is 0. The van der Waals surface area contributed by atoms with Crippen molar-refractivity contribution in [1.82, 2.24) is 0 Å². The van der Waals surface area contributed by atoms with E-state index in [1.54, 1.807) is 12.1 Å². The normalized spacial score (nSPS) is 12.5. The number of aryl methyl sites for hydroxylation is 1. The third-order valence-corrected chi connectivity index (χ3v) is 2.42. The topological polar surface area (TPSA) is 72.5 Å². The molecule has 0 saturated carbocycles. The van der Waals surface area contributed by atoms with Crippen LogP contribution in [0.1, 0.15) is 25.8 Å². The number of ether oxygens (including phenoxy) is 1. The molecule has 0 aromatic heterocycles. The van der Waals surface area contributed by atoms with Crippen LogP contribution in [0.5, 0.6) is 5.75 Å². The van der Waals surface area contributed by atoms with Gasteiger partial charge in [0.25, 0.3) is 0 Å². The number of carboxylic acid groups (broad SMARTS) is 1. The summed E-state index contributed by atoms with van der Waals surface area (Å²) in [4.78, 5) is 10.5. The van der Waals surface area contributed by atoms with Crippen LogP contribution in [-0.4, -0.2) is 23.2 Å². The Morgan fingerprint density at radius 2 is 2.17 bits per heavy atom. The maximum absolute atomic E-state index is 13.6. The number of halogens is 1. The molecule has 0 fully saturated rings. The molecule has 0 saturated heterocycles. The number of benzene rings is 1. The predicted molar refractivity (Wildman–Crippen MR) is 66.1 cm³/mol. The molecule has 100 valence electrons. The van der Waals surface area contributed by atoms with Gasteiger partial charge >= 0.3 is 5.97 Å². The first-order valence-corrected chi connectivity index (χ1v) is 5.83. The molecule has 1 atom stereocenters. The molecule has 0 heterocycles. The van der Waals surface area contributed by atoms with Gasteiger partial charge < -0.3 is 15.6 Å². The lowest BCUT2D eigenvalue weighted by molar-refractivity contribution is -0.138. The van der Waals surface area contributed by atoms with Crippen molar-refractivity contribution in [2.24, 2.45) is 5.73 Å². The van der Waals surface area contributed by atoms with Crippen LogP contribution in [0.4, 0.5) is 4.39 Å². The summed E-state index contributed by atoms with van der Waals surface area (Å²) in [5.74, 6) is -1.28. The molecular formula is C13H18FNO3. The van der Waals surface area contributed by atoms with Gasteiger partial charge in [0.05, 0.1) is 6.10 Å². The fraction of sp³-hybridized carbons (Fsp3) is 0.462. The monoisotopic (exact) mass is 255 g/mol.